The lowest BCUT2D eigenvalue weighted by atomic mass is 9.61. The van der Waals surface area contributed by atoms with E-state index in [-0.39, 0.29) is 0 Å². The normalized spacial score (nSPS) is 16.3. The second kappa shape index (κ2) is 8.41. The Morgan fingerprint density at radius 3 is 1.87 bits per heavy atom. The Bertz CT molecular complexity index is 2030. The summed E-state index contributed by atoms with van der Waals surface area (Å²) in [5.41, 5.74) is 8.94. The molecule has 0 aromatic heterocycles. The highest BCUT2D eigenvalue weighted by atomic mass is 14.4. The molecule has 39 heavy (non-hydrogen) atoms. The highest BCUT2D eigenvalue weighted by molar-refractivity contribution is 6.15. The van der Waals surface area contributed by atoms with Crippen molar-refractivity contribution < 1.29 is 0 Å². The van der Waals surface area contributed by atoms with E-state index in [1.54, 1.807) is 0 Å². The Morgan fingerprint density at radius 2 is 1.08 bits per heavy atom. The summed E-state index contributed by atoms with van der Waals surface area (Å²) >= 11 is 0. The monoisotopic (exact) mass is 496 g/mol. The molecule has 2 bridgehead atoms. The van der Waals surface area contributed by atoms with Crippen LogP contribution in [0, 0.1) is 6.92 Å². The number of benzene rings is 7. The van der Waals surface area contributed by atoms with E-state index < -0.39 is 5.41 Å². The summed E-state index contributed by atoms with van der Waals surface area (Å²) in [6, 6.07) is 52.5. The molecule has 0 radical (unpaired) electrons. The maximum atomic E-state index is 2.49. The maximum absolute atomic E-state index is 2.49. The van der Waals surface area contributed by atoms with Gasteiger partial charge in [-0.2, -0.15) is 0 Å². The van der Waals surface area contributed by atoms with E-state index in [9.17, 15) is 0 Å². The van der Waals surface area contributed by atoms with E-state index >= 15 is 0 Å². The third-order valence-corrected chi connectivity index (χ3v) is 8.84. The lowest BCUT2D eigenvalue weighted by Gasteiger charge is -2.40. The SMILES string of the molecule is Cc1ccc(C2(c3ccccc3)c3ccccc3Cc3cc4c2cccc4c2cc4ccccc4cc32)cc1. The molecule has 0 N–H and O–H groups in total. The molecular formula is C39H28. The molecule has 184 valence electrons. The van der Waals surface area contributed by atoms with Gasteiger partial charge >= 0.3 is 0 Å². The van der Waals surface area contributed by atoms with E-state index in [0.29, 0.717) is 0 Å². The van der Waals surface area contributed by atoms with Gasteiger partial charge in [-0.1, -0.05) is 127 Å². The minimum absolute atomic E-state index is 0.437. The zero-order chi connectivity index (χ0) is 26.0. The van der Waals surface area contributed by atoms with Gasteiger partial charge in [0.05, 0.1) is 5.41 Å². The largest absolute Gasteiger partial charge is 0.0710 e. The van der Waals surface area contributed by atoms with Crippen LogP contribution in [0.15, 0.2) is 140 Å². The van der Waals surface area contributed by atoms with Crippen molar-refractivity contribution >= 4 is 32.3 Å². The summed E-state index contributed by atoms with van der Waals surface area (Å²) < 4.78 is 0. The minimum Gasteiger partial charge on any atom is -0.0622 e. The minimum atomic E-state index is -0.437. The summed E-state index contributed by atoms with van der Waals surface area (Å²) in [5.74, 6) is 0. The molecule has 0 amide bonds. The van der Waals surface area contributed by atoms with Crippen LogP contribution < -0.4 is 0 Å². The fourth-order valence-electron chi connectivity index (χ4n) is 7.08. The highest BCUT2D eigenvalue weighted by Gasteiger charge is 2.41. The summed E-state index contributed by atoms with van der Waals surface area (Å²) in [7, 11) is 0. The van der Waals surface area contributed by atoms with Gasteiger partial charge < -0.3 is 0 Å². The van der Waals surface area contributed by atoms with Crippen LogP contribution in [0.4, 0.5) is 0 Å². The predicted molar refractivity (Wildman–Crippen MR) is 165 cm³/mol. The van der Waals surface area contributed by atoms with Crippen LogP contribution in [0.3, 0.4) is 0 Å². The van der Waals surface area contributed by atoms with Gasteiger partial charge in [0.1, 0.15) is 0 Å². The number of aryl methyl sites for hydroxylation is 1. The first kappa shape index (κ1) is 22.3. The maximum Gasteiger partial charge on any atom is 0.0710 e. The van der Waals surface area contributed by atoms with Crippen molar-refractivity contribution in [1.82, 2.24) is 0 Å². The molecule has 1 unspecified atom stereocenters. The van der Waals surface area contributed by atoms with Gasteiger partial charge in [-0.25, -0.2) is 0 Å². The molecule has 0 spiro atoms. The van der Waals surface area contributed by atoms with Gasteiger partial charge in [0.2, 0.25) is 0 Å². The molecular weight excluding hydrogens is 468 g/mol. The number of rotatable bonds is 2. The molecule has 0 fully saturated rings. The highest BCUT2D eigenvalue weighted by Crippen LogP contribution is 2.51. The lowest BCUT2D eigenvalue weighted by molar-refractivity contribution is 0.739. The third-order valence-electron chi connectivity index (χ3n) is 8.84. The van der Waals surface area contributed by atoms with E-state index in [1.165, 1.54) is 71.3 Å². The van der Waals surface area contributed by atoms with E-state index in [4.69, 9.17) is 0 Å². The topological polar surface area (TPSA) is 0 Å². The summed E-state index contributed by atoms with van der Waals surface area (Å²) in [6.45, 7) is 2.17. The van der Waals surface area contributed by atoms with Crippen molar-refractivity contribution in [2.75, 3.05) is 0 Å². The Morgan fingerprint density at radius 1 is 0.436 bits per heavy atom. The molecule has 8 rings (SSSR count). The summed E-state index contributed by atoms with van der Waals surface area (Å²) in [6.07, 6.45) is 0.899. The van der Waals surface area contributed by atoms with Crippen LogP contribution in [0.1, 0.15) is 38.9 Å². The quantitative estimate of drug-likeness (QED) is 0.165. The molecule has 7 aromatic rings. The van der Waals surface area contributed by atoms with E-state index in [1.807, 2.05) is 0 Å². The van der Waals surface area contributed by atoms with Crippen molar-refractivity contribution in [3.63, 3.8) is 0 Å². The van der Waals surface area contributed by atoms with Crippen molar-refractivity contribution in [2.24, 2.45) is 0 Å². The van der Waals surface area contributed by atoms with E-state index in [0.717, 1.165) is 6.42 Å². The molecule has 0 aliphatic heterocycles. The van der Waals surface area contributed by atoms with Crippen LogP contribution in [0.2, 0.25) is 0 Å². The number of hydrogen-bond acceptors (Lipinski definition) is 0. The molecule has 0 nitrogen and oxygen atoms in total. The van der Waals surface area contributed by atoms with Crippen LogP contribution in [0.25, 0.3) is 32.3 Å². The Kier molecular flexibility index (Phi) is 4.81. The fraction of sp³-hybridized carbons (Fsp3) is 0.0769. The van der Waals surface area contributed by atoms with E-state index in [2.05, 4.69) is 146 Å². The van der Waals surface area contributed by atoms with Crippen LogP contribution in [-0.2, 0) is 11.8 Å². The second-order valence-corrected chi connectivity index (χ2v) is 11.0. The number of hydrogen-bond donors (Lipinski definition) is 0. The molecule has 0 heteroatoms. The average molecular weight is 497 g/mol. The Hall–Kier alpha value is -4.68. The first-order valence-electron chi connectivity index (χ1n) is 13.8. The molecule has 1 aliphatic carbocycles. The van der Waals surface area contributed by atoms with Crippen LogP contribution in [0.5, 0.6) is 0 Å². The lowest BCUT2D eigenvalue weighted by Crippen LogP contribution is -2.33. The van der Waals surface area contributed by atoms with Crippen molar-refractivity contribution in [3.8, 4) is 0 Å². The molecule has 1 atom stereocenters. The van der Waals surface area contributed by atoms with Gasteiger partial charge in [-0.15, -0.1) is 0 Å². The Balaban J connectivity index is 1.62. The van der Waals surface area contributed by atoms with Gasteiger partial charge in [-0.05, 0) is 97.2 Å². The summed E-state index contributed by atoms with van der Waals surface area (Å²) in [5, 5.41) is 7.95. The molecule has 7 aromatic carbocycles. The van der Waals surface area contributed by atoms with Gasteiger partial charge in [0, 0.05) is 0 Å². The average Bonchev–Trinajstić information content (AvgIpc) is 2.98. The molecule has 0 saturated heterocycles. The second-order valence-electron chi connectivity index (χ2n) is 11.0. The summed E-state index contributed by atoms with van der Waals surface area (Å²) in [4.78, 5) is 0. The Labute approximate surface area is 229 Å². The van der Waals surface area contributed by atoms with Crippen LogP contribution >= 0.6 is 0 Å². The predicted octanol–water partition coefficient (Wildman–Crippen LogP) is 9.74. The first-order chi connectivity index (χ1) is 19.2. The molecule has 0 heterocycles. The third kappa shape index (κ3) is 3.18. The van der Waals surface area contributed by atoms with Gasteiger partial charge in [-0.3, -0.25) is 0 Å². The fourth-order valence-corrected chi connectivity index (χ4v) is 7.08. The smallest absolute Gasteiger partial charge is 0.0622 e. The zero-order valence-corrected chi connectivity index (χ0v) is 22.0. The van der Waals surface area contributed by atoms with Crippen LogP contribution in [-0.4, -0.2) is 0 Å². The van der Waals surface area contributed by atoms with Gasteiger partial charge in [0.15, 0.2) is 0 Å². The first-order valence-corrected chi connectivity index (χ1v) is 13.8. The van der Waals surface area contributed by atoms with Crippen molar-refractivity contribution in [1.29, 1.82) is 0 Å². The number of fused-ring (bicyclic) bond motifs is 6. The molecule has 1 aliphatic rings. The standard InChI is InChI=1S/C39H28/c1-26-18-20-32(21-19-26)39(31-13-3-2-4-14-31)37-16-8-7-12-29(37)22-30-25-36-33(15-9-17-38(36)39)35-24-28-11-6-5-10-27(28)23-34(30)35/h2-21,23-25H,22H2,1H3. The zero-order valence-electron chi connectivity index (χ0n) is 22.0. The molecule has 0 saturated carbocycles. The van der Waals surface area contributed by atoms with Crippen molar-refractivity contribution in [3.05, 3.63) is 178 Å². The van der Waals surface area contributed by atoms with Crippen molar-refractivity contribution in [2.45, 2.75) is 18.8 Å². The van der Waals surface area contributed by atoms with Gasteiger partial charge in [0.25, 0.3) is 0 Å².